The Labute approximate surface area is 115 Å². The molecule has 0 saturated heterocycles. The molecule has 3 unspecified atom stereocenters. The van der Waals surface area contributed by atoms with Crippen molar-refractivity contribution in [3.63, 3.8) is 0 Å². The molecule has 19 heavy (non-hydrogen) atoms. The lowest BCUT2D eigenvalue weighted by molar-refractivity contribution is 0.221. The third-order valence-corrected chi connectivity index (χ3v) is 4.38. The Morgan fingerprint density at radius 2 is 2.16 bits per heavy atom. The van der Waals surface area contributed by atoms with E-state index in [0.717, 1.165) is 18.0 Å². The lowest BCUT2D eigenvalue weighted by atomic mass is 9.83. The van der Waals surface area contributed by atoms with E-state index in [0.29, 0.717) is 12.1 Å². The second-order valence-corrected chi connectivity index (χ2v) is 5.79. The topological polar surface area (TPSA) is 29.9 Å². The molecule has 3 rings (SSSR count). The summed E-state index contributed by atoms with van der Waals surface area (Å²) in [7, 11) is 0. The van der Waals surface area contributed by atoms with Crippen molar-refractivity contribution in [1.29, 1.82) is 0 Å². The SMILES string of the molecule is CCNC1CCC(C)CC1n1cnc2ccccc21. The van der Waals surface area contributed by atoms with Gasteiger partial charge < -0.3 is 9.88 Å². The summed E-state index contributed by atoms with van der Waals surface area (Å²) < 4.78 is 2.39. The Morgan fingerprint density at radius 1 is 1.32 bits per heavy atom. The van der Waals surface area contributed by atoms with Crippen LogP contribution >= 0.6 is 0 Å². The summed E-state index contributed by atoms with van der Waals surface area (Å²) in [5, 5.41) is 3.66. The van der Waals surface area contributed by atoms with E-state index in [1.54, 1.807) is 0 Å². The number of aromatic nitrogens is 2. The van der Waals surface area contributed by atoms with E-state index in [1.807, 2.05) is 6.33 Å². The molecular weight excluding hydrogens is 234 g/mol. The summed E-state index contributed by atoms with van der Waals surface area (Å²) in [5.41, 5.74) is 2.38. The molecule has 2 aromatic rings. The van der Waals surface area contributed by atoms with Crippen LogP contribution in [-0.4, -0.2) is 22.1 Å². The normalized spacial score (nSPS) is 27.8. The van der Waals surface area contributed by atoms with Crippen LogP contribution in [0.25, 0.3) is 11.0 Å². The highest BCUT2D eigenvalue weighted by atomic mass is 15.1. The van der Waals surface area contributed by atoms with Crippen LogP contribution in [0.5, 0.6) is 0 Å². The maximum absolute atomic E-state index is 4.55. The second-order valence-electron chi connectivity index (χ2n) is 5.79. The highest BCUT2D eigenvalue weighted by Gasteiger charge is 2.29. The number of para-hydroxylation sites is 2. The minimum atomic E-state index is 0.538. The Bertz CT molecular complexity index is 546. The monoisotopic (exact) mass is 257 g/mol. The third kappa shape index (κ3) is 2.39. The van der Waals surface area contributed by atoms with Crippen molar-refractivity contribution in [2.45, 2.75) is 45.2 Å². The molecule has 0 aliphatic heterocycles. The van der Waals surface area contributed by atoms with Crippen LogP contribution in [0.2, 0.25) is 0 Å². The van der Waals surface area contributed by atoms with E-state index in [-0.39, 0.29) is 0 Å². The van der Waals surface area contributed by atoms with Gasteiger partial charge in [0.1, 0.15) is 0 Å². The predicted molar refractivity (Wildman–Crippen MR) is 79.2 cm³/mol. The van der Waals surface area contributed by atoms with E-state index >= 15 is 0 Å². The number of rotatable bonds is 3. The zero-order valence-corrected chi connectivity index (χ0v) is 11.8. The molecule has 0 spiro atoms. The minimum absolute atomic E-state index is 0.538. The maximum atomic E-state index is 4.55. The number of fused-ring (bicyclic) bond motifs is 1. The first-order chi connectivity index (χ1) is 9.29. The number of hydrogen-bond donors (Lipinski definition) is 1. The fraction of sp³-hybridized carbons (Fsp3) is 0.562. The van der Waals surface area contributed by atoms with Gasteiger partial charge >= 0.3 is 0 Å². The van der Waals surface area contributed by atoms with Crippen LogP contribution in [0.4, 0.5) is 0 Å². The maximum Gasteiger partial charge on any atom is 0.0961 e. The first-order valence-corrected chi connectivity index (χ1v) is 7.44. The highest BCUT2D eigenvalue weighted by Crippen LogP contribution is 2.34. The molecule has 0 radical (unpaired) electrons. The van der Waals surface area contributed by atoms with Gasteiger partial charge in [-0.15, -0.1) is 0 Å². The standard InChI is InChI=1S/C16H23N3/c1-3-17-14-9-8-12(2)10-16(14)19-11-18-13-6-4-5-7-15(13)19/h4-7,11-12,14,16-17H,3,8-10H2,1-2H3. The van der Waals surface area contributed by atoms with Gasteiger partial charge in [0.05, 0.1) is 23.4 Å². The van der Waals surface area contributed by atoms with Gasteiger partial charge in [-0.05, 0) is 43.9 Å². The molecule has 102 valence electrons. The molecule has 1 heterocycles. The van der Waals surface area contributed by atoms with Gasteiger partial charge in [0, 0.05) is 6.04 Å². The molecule has 1 fully saturated rings. The molecule has 1 saturated carbocycles. The number of nitrogens with zero attached hydrogens (tertiary/aromatic N) is 2. The van der Waals surface area contributed by atoms with E-state index < -0.39 is 0 Å². The largest absolute Gasteiger partial charge is 0.326 e. The first kappa shape index (κ1) is 12.7. The van der Waals surface area contributed by atoms with Crippen LogP contribution in [0.15, 0.2) is 30.6 Å². The number of hydrogen-bond acceptors (Lipinski definition) is 2. The Hall–Kier alpha value is -1.35. The molecule has 0 amide bonds. The van der Waals surface area contributed by atoms with Crippen LogP contribution in [0, 0.1) is 5.92 Å². The zero-order valence-electron chi connectivity index (χ0n) is 11.8. The number of likely N-dealkylation sites (N-methyl/N-ethyl adjacent to an activating group) is 1. The van der Waals surface area contributed by atoms with Crippen molar-refractivity contribution in [3.8, 4) is 0 Å². The second kappa shape index (κ2) is 5.33. The number of imidazole rings is 1. The van der Waals surface area contributed by atoms with E-state index in [4.69, 9.17) is 0 Å². The molecule has 1 N–H and O–H groups in total. The van der Waals surface area contributed by atoms with Gasteiger partial charge in [-0.25, -0.2) is 4.98 Å². The van der Waals surface area contributed by atoms with Gasteiger partial charge in [-0.1, -0.05) is 26.0 Å². The fourth-order valence-corrected chi connectivity index (χ4v) is 3.40. The zero-order chi connectivity index (χ0) is 13.2. The minimum Gasteiger partial charge on any atom is -0.326 e. The Balaban J connectivity index is 1.97. The predicted octanol–water partition coefficient (Wildman–Crippen LogP) is 3.38. The van der Waals surface area contributed by atoms with Gasteiger partial charge in [-0.3, -0.25) is 0 Å². The van der Waals surface area contributed by atoms with Crippen LogP contribution in [0.1, 0.15) is 39.2 Å². The van der Waals surface area contributed by atoms with Crippen LogP contribution in [0.3, 0.4) is 0 Å². The lowest BCUT2D eigenvalue weighted by Gasteiger charge is -2.36. The molecule has 1 aliphatic rings. The van der Waals surface area contributed by atoms with Crippen molar-refractivity contribution in [1.82, 2.24) is 14.9 Å². The van der Waals surface area contributed by atoms with E-state index in [2.05, 4.69) is 53.0 Å². The first-order valence-electron chi connectivity index (χ1n) is 7.44. The molecule has 1 aromatic heterocycles. The molecular formula is C16H23N3. The average Bonchev–Trinajstić information content (AvgIpc) is 2.85. The van der Waals surface area contributed by atoms with E-state index in [1.165, 1.54) is 24.8 Å². The summed E-state index contributed by atoms with van der Waals surface area (Å²) in [6.07, 6.45) is 5.88. The summed E-state index contributed by atoms with van der Waals surface area (Å²) >= 11 is 0. The summed E-state index contributed by atoms with van der Waals surface area (Å²) in [5.74, 6) is 0.807. The lowest BCUT2D eigenvalue weighted by Crippen LogP contribution is -2.41. The molecule has 0 bridgehead atoms. The highest BCUT2D eigenvalue weighted by molar-refractivity contribution is 5.75. The van der Waals surface area contributed by atoms with Gasteiger partial charge in [0.15, 0.2) is 0 Å². The van der Waals surface area contributed by atoms with Crippen molar-refractivity contribution >= 4 is 11.0 Å². The summed E-state index contributed by atoms with van der Waals surface area (Å²) in [6, 6.07) is 9.57. The quantitative estimate of drug-likeness (QED) is 0.913. The van der Waals surface area contributed by atoms with Crippen molar-refractivity contribution < 1.29 is 0 Å². The van der Waals surface area contributed by atoms with Crippen LogP contribution in [-0.2, 0) is 0 Å². The Morgan fingerprint density at radius 3 is 3.00 bits per heavy atom. The van der Waals surface area contributed by atoms with E-state index in [9.17, 15) is 0 Å². The summed E-state index contributed by atoms with van der Waals surface area (Å²) in [6.45, 7) is 5.61. The molecule has 3 heteroatoms. The fourth-order valence-electron chi connectivity index (χ4n) is 3.40. The average molecular weight is 257 g/mol. The third-order valence-electron chi connectivity index (χ3n) is 4.38. The van der Waals surface area contributed by atoms with Crippen molar-refractivity contribution in [3.05, 3.63) is 30.6 Å². The molecule has 3 nitrogen and oxygen atoms in total. The molecule has 1 aliphatic carbocycles. The van der Waals surface area contributed by atoms with Gasteiger partial charge in [-0.2, -0.15) is 0 Å². The molecule has 1 aromatic carbocycles. The van der Waals surface area contributed by atoms with Crippen molar-refractivity contribution in [2.24, 2.45) is 5.92 Å². The van der Waals surface area contributed by atoms with Crippen molar-refractivity contribution in [2.75, 3.05) is 6.54 Å². The Kier molecular flexibility index (Phi) is 3.56. The number of nitrogens with one attached hydrogen (secondary N) is 1. The summed E-state index contributed by atoms with van der Waals surface area (Å²) in [4.78, 5) is 4.55. The number of benzene rings is 1. The van der Waals surface area contributed by atoms with Gasteiger partial charge in [0.25, 0.3) is 0 Å². The van der Waals surface area contributed by atoms with Gasteiger partial charge in [0.2, 0.25) is 0 Å². The molecule has 3 atom stereocenters. The smallest absolute Gasteiger partial charge is 0.0961 e. The van der Waals surface area contributed by atoms with Crippen LogP contribution < -0.4 is 5.32 Å².